The number of hydrogen-bond donors (Lipinski definition) is 3. The lowest BCUT2D eigenvalue weighted by Gasteiger charge is -2.15. The van der Waals surface area contributed by atoms with Gasteiger partial charge in [-0.3, -0.25) is 14.8 Å². The number of nitrogen functional groups attached to an aromatic ring is 1. The van der Waals surface area contributed by atoms with Crippen LogP contribution in [0.1, 0.15) is 0 Å². The summed E-state index contributed by atoms with van der Waals surface area (Å²) in [6.07, 6.45) is 1.27. The molecule has 15 heteroatoms. The van der Waals surface area contributed by atoms with Gasteiger partial charge in [0, 0.05) is 59.2 Å². The number of sulfonamides is 1. The first-order valence-electron chi connectivity index (χ1n) is 11.7. The van der Waals surface area contributed by atoms with Crippen molar-refractivity contribution in [1.29, 1.82) is 0 Å². The normalized spacial score (nSPS) is 10.7. The highest BCUT2D eigenvalue weighted by Gasteiger charge is 2.23. The lowest BCUT2D eigenvalue weighted by molar-refractivity contribution is -0.384. The van der Waals surface area contributed by atoms with E-state index in [1.165, 1.54) is 57.9 Å². The number of anilines is 2. The van der Waals surface area contributed by atoms with Crippen LogP contribution in [0, 0.1) is 10.1 Å². The Morgan fingerprint density at radius 3 is 1.71 bits per heavy atom. The maximum atomic E-state index is 12.9. The number of nitro benzene ring substituents is 1. The van der Waals surface area contributed by atoms with Crippen molar-refractivity contribution in [1.82, 2.24) is 4.98 Å². The first kappa shape index (κ1) is 30.5. The summed E-state index contributed by atoms with van der Waals surface area (Å²) in [5, 5.41) is 11.2. The number of aromatic nitrogens is 1. The first-order valence-corrected chi connectivity index (χ1v) is 13.2. The molecule has 0 saturated carbocycles. The third-order valence-electron chi connectivity index (χ3n) is 5.73. The van der Waals surface area contributed by atoms with Gasteiger partial charge in [-0.1, -0.05) is 0 Å². The Labute approximate surface area is 236 Å². The highest BCUT2D eigenvalue weighted by atomic mass is 32.2. The second-order valence-electron chi connectivity index (χ2n) is 8.12. The van der Waals surface area contributed by atoms with E-state index in [0.29, 0.717) is 34.2 Å². The number of rotatable bonds is 10. The fourth-order valence-electron chi connectivity index (χ4n) is 3.87. The zero-order valence-electron chi connectivity index (χ0n) is 23.1. The molecule has 1 aromatic heterocycles. The molecule has 14 nitrogen and oxygen atoms in total. The van der Waals surface area contributed by atoms with Crippen molar-refractivity contribution in [2.45, 2.75) is 4.90 Å². The van der Waals surface area contributed by atoms with Crippen LogP contribution in [0.3, 0.4) is 0 Å². The van der Waals surface area contributed by atoms with E-state index in [2.05, 4.69) is 9.71 Å². The van der Waals surface area contributed by atoms with E-state index >= 15 is 0 Å². The smallest absolute Gasteiger partial charge is 0.270 e. The van der Waals surface area contributed by atoms with Crippen molar-refractivity contribution >= 4 is 38.0 Å². The summed E-state index contributed by atoms with van der Waals surface area (Å²) in [6, 6.07) is 10.2. The lowest BCUT2D eigenvalue weighted by Crippen LogP contribution is -2.13. The number of aromatic amines is 1. The van der Waals surface area contributed by atoms with E-state index < -0.39 is 14.9 Å². The van der Waals surface area contributed by atoms with Gasteiger partial charge in [0.1, 0.15) is 4.90 Å². The van der Waals surface area contributed by atoms with Crippen LogP contribution in [-0.2, 0) is 10.0 Å². The highest BCUT2D eigenvalue weighted by Crippen LogP contribution is 2.41. The van der Waals surface area contributed by atoms with Crippen molar-refractivity contribution in [3.8, 4) is 34.5 Å². The summed E-state index contributed by atoms with van der Waals surface area (Å²) < 4.78 is 59.1. The van der Waals surface area contributed by atoms with Gasteiger partial charge in [0.15, 0.2) is 23.0 Å². The minimum absolute atomic E-state index is 0.125. The molecular formula is C26H30N4O10S. The molecule has 0 radical (unpaired) electrons. The summed E-state index contributed by atoms with van der Waals surface area (Å²) >= 11 is 0. The zero-order valence-corrected chi connectivity index (χ0v) is 24.0. The first-order chi connectivity index (χ1) is 19.5. The van der Waals surface area contributed by atoms with Crippen molar-refractivity contribution < 1.29 is 41.8 Å². The average molecular weight is 591 g/mol. The minimum Gasteiger partial charge on any atom is -0.493 e. The molecule has 0 bridgehead atoms. The molecule has 0 atom stereocenters. The van der Waals surface area contributed by atoms with E-state index in [1.807, 2.05) is 0 Å². The van der Waals surface area contributed by atoms with E-state index in [4.69, 9.17) is 34.2 Å². The number of nitrogens with zero attached hydrogens (tertiary/aromatic N) is 1. The van der Waals surface area contributed by atoms with Crippen LogP contribution in [0.4, 0.5) is 17.1 Å². The van der Waals surface area contributed by atoms with Crippen LogP contribution >= 0.6 is 0 Å². The summed E-state index contributed by atoms with van der Waals surface area (Å²) in [4.78, 5) is 13.1. The molecular weight excluding hydrogens is 560 g/mol. The number of benzene rings is 3. The van der Waals surface area contributed by atoms with Gasteiger partial charge in [0.05, 0.1) is 53.3 Å². The van der Waals surface area contributed by atoms with Crippen LogP contribution in [0.15, 0.2) is 53.6 Å². The standard InChI is InChI=1S/C17H17N3O7S.C9H13NO3/c1-25-14-6-10(7-15(26-2)17(14)27-3)19-28(23,24)16-9-18-13-5-4-11(20(21)22)8-12(13)16;1-11-7-4-6(10)5-8(12-2)9(7)13-3/h4-9,18-19H,1-3H3;4-5H,10H2,1-3H3. The molecule has 41 heavy (non-hydrogen) atoms. The molecule has 0 aliphatic carbocycles. The number of methoxy groups -OCH3 is 6. The van der Waals surface area contributed by atoms with E-state index in [0.717, 1.165) is 0 Å². The van der Waals surface area contributed by atoms with Crippen molar-refractivity contribution in [2.24, 2.45) is 0 Å². The number of non-ortho nitro benzene ring substituents is 1. The summed E-state index contributed by atoms with van der Waals surface area (Å²) in [5.41, 5.74) is 6.61. The van der Waals surface area contributed by atoms with Crippen LogP contribution in [0.25, 0.3) is 10.9 Å². The van der Waals surface area contributed by atoms with Crippen molar-refractivity contribution in [2.75, 3.05) is 53.1 Å². The van der Waals surface area contributed by atoms with Gasteiger partial charge < -0.3 is 39.1 Å². The van der Waals surface area contributed by atoms with Crippen molar-refractivity contribution in [3.05, 3.63) is 58.8 Å². The molecule has 3 aromatic carbocycles. The number of hydrogen-bond acceptors (Lipinski definition) is 11. The molecule has 0 amide bonds. The van der Waals surface area contributed by atoms with E-state index in [-0.39, 0.29) is 33.2 Å². The Balaban J connectivity index is 0.000000298. The number of nitrogens with two attached hydrogens (primary N) is 1. The number of nitro groups is 1. The maximum absolute atomic E-state index is 12.9. The molecule has 0 unspecified atom stereocenters. The molecule has 0 saturated heterocycles. The molecule has 4 rings (SSSR count). The third-order valence-corrected chi connectivity index (χ3v) is 7.15. The van der Waals surface area contributed by atoms with Gasteiger partial charge in [-0.2, -0.15) is 0 Å². The SMILES string of the molecule is COc1cc(N)cc(OC)c1OC.COc1cc(NS(=O)(=O)c2c[nH]c3ccc([N+](=O)[O-])cc23)cc(OC)c1OC. The number of fused-ring (bicyclic) bond motifs is 1. The lowest BCUT2D eigenvalue weighted by atomic mass is 10.2. The van der Waals surface area contributed by atoms with Gasteiger partial charge >= 0.3 is 0 Å². The fourth-order valence-corrected chi connectivity index (χ4v) is 5.08. The molecule has 1 heterocycles. The van der Waals surface area contributed by atoms with Gasteiger partial charge in [-0.15, -0.1) is 0 Å². The topological polar surface area (TPSA) is 186 Å². The fraction of sp³-hybridized carbons (Fsp3) is 0.231. The summed E-state index contributed by atoms with van der Waals surface area (Å²) in [7, 11) is 4.85. The molecule has 4 N–H and O–H groups in total. The van der Waals surface area contributed by atoms with Crippen molar-refractivity contribution in [3.63, 3.8) is 0 Å². The molecule has 0 spiro atoms. The molecule has 0 fully saturated rings. The highest BCUT2D eigenvalue weighted by molar-refractivity contribution is 7.93. The Morgan fingerprint density at radius 1 is 0.780 bits per heavy atom. The van der Waals surface area contributed by atoms with Gasteiger partial charge in [0.2, 0.25) is 11.5 Å². The van der Waals surface area contributed by atoms with Crippen LogP contribution in [0.5, 0.6) is 34.5 Å². The molecule has 0 aliphatic rings. The maximum Gasteiger partial charge on any atom is 0.270 e. The Kier molecular flexibility index (Phi) is 9.57. The molecule has 0 aliphatic heterocycles. The minimum atomic E-state index is -4.06. The van der Waals surface area contributed by atoms with Crippen LogP contribution in [-0.4, -0.2) is 61.0 Å². The van der Waals surface area contributed by atoms with Crippen LogP contribution in [0.2, 0.25) is 0 Å². The van der Waals surface area contributed by atoms with E-state index in [1.54, 1.807) is 33.5 Å². The summed E-state index contributed by atoms with van der Waals surface area (Å²) in [5.74, 6) is 2.55. The third kappa shape index (κ3) is 6.58. The largest absolute Gasteiger partial charge is 0.493 e. The second-order valence-corrected chi connectivity index (χ2v) is 9.77. The van der Waals surface area contributed by atoms with Gasteiger partial charge in [-0.25, -0.2) is 8.42 Å². The number of H-pyrrole nitrogens is 1. The Bertz CT molecular complexity index is 1600. The predicted molar refractivity (Wildman–Crippen MR) is 152 cm³/mol. The van der Waals surface area contributed by atoms with Gasteiger partial charge in [0.25, 0.3) is 15.7 Å². The average Bonchev–Trinajstić information content (AvgIpc) is 3.40. The van der Waals surface area contributed by atoms with E-state index in [9.17, 15) is 18.5 Å². The second kappa shape index (κ2) is 12.9. The van der Waals surface area contributed by atoms with Crippen LogP contribution < -0.4 is 38.9 Å². The Hall–Kier alpha value is -5.05. The number of nitrogens with one attached hydrogen (secondary N) is 2. The number of ether oxygens (including phenoxy) is 6. The summed E-state index contributed by atoms with van der Waals surface area (Å²) in [6.45, 7) is 0. The Morgan fingerprint density at radius 2 is 1.27 bits per heavy atom. The quantitative estimate of drug-likeness (QED) is 0.136. The molecule has 4 aromatic rings. The van der Waals surface area contributed by atoms with Gasteiger partial charge in [-0.05, 0) is 6.07 Å². The monoisotopic (exact) mass is 590 g/mol. The predicted octanol–water partition coefficient (Wildman–Crippen LogP) is 4.20. The zero-order chi connectivity index (χ0) is 30.3. The molecule has 220 valence electrons.